The second kappa shape index (κ2) is 6.45. The minimum Gasteiger partial charge on any atom is -0.432 e. The van der Waals surface area contributed by atoms with Gasteiger partial charge in [-0.15, -0.1) is 0 Å². The standard InChI is InChI=1S/C23H22FN5O/c1-23(2,3)13-29-18-12-15(6-9-17(18)26-21(29)25)20-19(14-4-7-16(24)8-5-14)27-22-28(20)10-11-30-22/h4-12H,13H2,1-3H3,(H2,25,26). The number of aromatic nitrogens is 4. The lowest BCUT2D eigenvalue weighted by Crippen LogP contribution is -2.17. The predicted molar refractivity (Wildman–Crippen MR) is 115 cm³/mol. The highest BCUT2D eigenvalue weighted by atomic mass is 19.1. The second-order valence-corrected chi connectivity index (χ2v) is 8.69. The van der Waals surface area contributed by atoms with Crippen LogP contribution in [0.25, 0.3) is 39.4 Å². The van der Waals surface area contributed by atoms with Crippen LogP contribution in [-0.4, -0.2) is 18.9 Å². The Labute approximate surface area is 172 Å². The van der Waals surface area contributed by atoms with E-state index in [2.05, 4.69) is 36.8 Å². The molecule has 3 heterocycles. The van der Waals surface area contributed by atoms with Crippen molar-refractivity contribution in [2.45, 2.75) is 27.3 Å². The molecule has 5 rings (SSSR count). The van der Waals surface area contributed by atoms with Gasteiger partial charge in [0.2, 0.25) is 5.95 Å². The van der Waals surface area contributed by atoms with Crippen molar-refractivity contribution in [3.63, 3.8) is 0 Å². The maximum Gasteiger partial charge on any atom is 0.306 e. The molecule has 0 aliphatic rings. The Hall–Kier alpha value is -3.61. The molecule has 3 aromatic heterocycles. The lowest BCUT2D eigenvalue weighted by atomic mass is 9.96. The van der Waals surface area contributed by atoms with Gasteiger partial charge >= 0.3 is 5.84 Å². The van der Waals surface area contributed by atoms with Crippen molar-refractivity contribution in [1.29, 1.82) is 0 Å². The fourth-order valence-corrected chi connectivity index (χ4v) is 3.80. The van der Waals surface area contributed by atoms with Crippen LogP contribution >= 0.6 is 0 Å². The van der Waals surface area contributed by atoms with Gasteiger partial charge in [0.15, 0.2) is 0 Å². The lowest BCUT2D eigenvalue weighted by Gasteiger charge is -2.20. The fourth-order valence-electron chi connectivity index (χ4n) is 3.80. The predicted octanol–water partition coefficient (Wildman–Crippen LogP) is 5.38. The van der Waals surface area contributed by atoms with Gasteiger partial charge in [0.05, 0.1) is 16.7 Å². The number of hydrogen-bond donors (Lipinski definition) is 1. The van der Waals surface area contributed by atoms with Gasteiger partial charge < -0.3 is 14.7 Å². The average molecular weight is 403 g/mol. The number of halogens is 1. The van der Waals surface area contributed by atoms with Gasteiger partial charge in [0.25, 0.3) is 0 Å². The zero-order valence-electron chi connectivity index (χ0n) is 17.1. The molecule has 0 aliphatic heterocycles. The molecular weight excluding hydrogens is 381 g/mol. The summed E-state index contributed by atoms with van der Waals surface area (Å²) in [7, 11) is 0. The zero-order chi connectivity index (χ0) is 21.0. The molecule has 0 aliphatic carbocycles. The Morgan fingerprint density at radius 2 is 1.77 bits per heavy atom. The van der Waals surface area contributed by atoms with Crippen LogP contribution in [0.15, 0.2) is 59.3 Å². The Morgan fingerprint density at radius 3 is 2.50 bits per heavy atom. The normalized spacial score (nSPS) is 12.3. The number of nitrogens with zero attached hydrogens (tertiary/aromatic N) is 4. The van der Waals surface area contributed by atoms with Crippen LogP contribution in [-0.2, 0) is 6.54 Å². The molecule has 7 heteroatoms. The van der Waals surface area contributed by atoms with Crippen molar-refractivity contribution in [2.24, 2.45) is 5.41 Å². The molecule has 30 heavy (non-hydrogen) atoms. The van der Waals surface area contributed by atoms with Crippen molar-refractivity contribution >= 4 is 22.8 Å². The summed E-state index contributed by atoms with van der Waals surface area (Å²) < 4.78 is 22.9. The molecule has 2 aromatic carbocycles. The molecule has 0 unspecified atom stereocenters. The van der Waals surface area contributed by atoms with E-state index >= 15 is 0 Å². The maximum atomic E-state index is 13.5. The first-order valence-electron chi connectivity index (χ1n) is 9.78. The minimum atomic E-state index is -0.286. The number of nitrogens with two attached hydrogens (primary N) is 1. The van der Waals surface area contributed by atoms with Gasteiger partial charge in [-0.2, -0.15) is 4.98 Å². The van der Waals surface area contributed by atoms with Crippen LogP contribution in [0.1, 0.15) is 20.8 Å². The summed E-state index contributed by atoms with van der Waals surface area (Å²) in [5, 5.41) is 0. The largest absolute Gasteiger partial charge is 0.432 e. The van der Waals surface area contributed by atoms with E-state index < -0.39 is 0 Å². The zero-order valence-corrected chi connectivity index (χ0v) is 17.1. The molecule has 152 valence electrons. The van der Waals surface area contributed by atoms with Gasteiger partial charge in [-0.1, -0.05) is 26.8 Å². The highest BCUT2D eigenvalue weighted by molar-refractivity contribution is 5.88. The van der Waals surface area contributed by atoms with Crippen molar-refractivity contribution in [3.05, 3.63) is 60.7 Å². The maximum absolute atomic E-state index is 13.5. The summed E-state index contributed by atoms with van der Waals surface area (Å²) in [6, 6.07) is 12.4. The Balaban J connectivity index is 1.74. The lowest BCUT2D eigenvalue weighted by molar-refractivity contribution is 0.351. The fraction of sp³-hybridized carbons (Fsp3) is 0.217. The van der Waals surface area contributed by atoms with Crippen molar-refractivity contribution in [1.82, 2.24) is 18.9 Å². The van der Waals surface area contributed by atoms with Crippen LogP contribution in [0.4, 0.5) is 10.3 Å². The summed E-state index contributed by atoms with van der Waals surface area (Å²) in [6.07, 6.45) is 3.43. The smallest absolute Gasteiger partial charge is 0.306 e. The third-order valence-corrected chi connectivity index (χ3v) is 5.06. The molecule has 5 aromatic rings. The Morgan fingerprint density at radius 1 is 1.03 bits per heavy atom. The summed E-state index contributed by atoms with van der Waals surface area (Å²) in [6.45, 7) is 7.25. The highest BCUT2D eigenvalue weighted by Crippen LogP contribution is 2.35. The number of imidazole rings is 2. The van der Waals surface area contributed by atoms with Gasteiger partial charge in [-0.25, -0.2) is 9.37 Å². The van der Waals surface area contributed by atoms with Crippen LogP contribution in [0.2, 0.25) is 0 Å². The van der Waals surface area contributed by atoms with E-state index in [-0.39, 0.29) is 11.2 Å². The van der Waals surface area contributed by atoms with Crippen LogP contribution in [0.5, 0.6) is 0 Å². The average Bonchev–Trinajstić information content (AvgIpc) is 3.35. The number of rotatable bonds is 3. The van der Waals surface area contributed by atoms with Gasteiger partial charge in [-0.3, -0.25) is 4.40 Å². The number of benzene rings is 2. The Bertz CT molecular complexity index is 1370. The molecule has 0 saturated carbocycles. The van der Waals surface area contributed by atoms with E-state index in [1.807, 2.05) is 27.3 Å². The summed E-state index contributed by atoms with van der Waals surface area (Å²) in [5.41, 5.74) is 11.4. The topological polar surface area (TPSA) is 74.3 Å². The Kier molecular flexibility index (Phi) is 3.96. The third-order valence-electron chi connectivity index (χ3n) is 5.06. The molecule has 0 atom stereocenters. The van der Waals surface area contributed by atoms with E-state index in [1.165, 1.54) is 12.1 Å². The number of hydrogen-bond acceptors (Lipinski definition) is 4. The molecular formula is C23H22FN5O. The molecule has 0 fully saturated rings. The molecule has 0 saturated heterocycles. The highest BCUT2D eigenvalue weighted by Gasteiger charge is 2.21. The van der Waals surface area contributed by atoms with Crippen molar-refractivity contribution in [2.75, 3.05) is 5.73 Å². The minimum absolute atomic E-state index is 0.0471. The first-order valence-corrected chi connectivity index (χ1v) is 9.78. The van der Waals surface area contributed by atoms with Crippen LogP contribution in [0.3, 0.4) is 0 Å². The molecule has 6 nitrogen and oxygen atoms in total. The van der Waals surface area contributed by atoms with Crippen molar-refractivity contribution in [3.8, 4) is 22.5 Å². The van der Waals surface area contributed by atoms with E-state index in [0.29, 0.717) is 11.8 Å². The van der Waals surface area contributed by atoms with Gasteiger partial charge in [-0.05, 0) is 41.8 Å². The number of anilines is 1. The van der Waals surface area contributed by atoms with Crippen molar-refractivity contribution < 1.29 is 8.81 Å². The van der Waals surface area contributed by atoms with E-state index in [4.69, 9.17) is 10.2 Å². The van der Waals surface area contributed by atoms with Crippen LogP contribution < -0.4 is 5.73 Å². The SMILES string of the molecule is CC(C)(C)Cn1c(N)nc2ccc(-c3c(-c4ccc(F)cc4)nc4occn34)cc21. The van der Waals surface area contributed by atoms with Gasteiger partial charge in [0.1, 0.15) is 17.8 Å². The molecule has 0 spiro atoms. The van der Waals surface area contributed by atoms with E-state index in [9.17, 15) is 4.39 Å². The number of fused-ring (bicyclic) bond motifs is 2. The summed E-state index contributed by atoms with van der Waals surface area (Å²) in [4.78, 5) is 9.16. The summed E-state index contributed by atoms with van der Waals surface area (Å²) >= 11 is 0. The van der Waals surface area contributed by atoms with E-state index in [0.717, 1.165) is 40.1 Å². The van der Waals surface area contributed by atoms with Crippen LogP contribution in [0, 0.1) is 11.2 Å². The van der Waals surface area contributed by atoms with Gasteiger partial charge in [0, 0.05) is 23.9 Å². The molecule has 0 bridgehead atoms. The quantitative estimate of drug-likeness (QED) is 0.439. The molecule has 0 radical (unpaired) electrons. The van der Waals surface area contributed by atoms with E-state index in [1.54, 1.807) is 18.4 Å². The first-order chi connectivity index (χ1) is 14.3. The summed E-state index contributed by atoms with van der Waals surface area (Å²) in [5.74, 6) is 0.691. The molecule has 2 N–H and O–H groups in total. The number of nitrogen functional groups attached to an aromatic ring is 1. The molecule has 0 amide bonds. The second-order valence-electron chi connectivity index (χ2n) is 8.69. The first kappa shape index (κ1) is 18.4. The third kappa shape index (κ3) is 3.03. The number of oxazole rings is 1. The monoisotopic (exact) mass is 403 g/mol.